The molecule has 1 fully saturated rings. The average molecular weight is 491 g/mol. The molecule has 2 atom stereocenters. The Morgan fingerprint density at radius 1 is 1.22 bits per heavy atom. The number of guanidine groups is 1. The van der Waals surface area contributed by atoms with Crippen molar-refractivity contribution in [3.63, 3.8) is 0 Å². The van der Waals surface area contributed by atoms with Crippen LogP contribution in [0, 0.1) is 5.41 Å². The van der Waals surface area contributed by atoms with E-state index in [4.69, 9.17) is 9.47 Å². The first kappa shape index (κ1) is 23.8. The number of hydrogen-bond donors (Lipinski definition) is 3. The molecule has 0 saturated heterocycles. The molecule has 6 nitrogen and oxygen atoms in total. The Kier molecular flexibility index (Phi) is 10.2. The molecule has 2 rings (SSSR count). The second-order valence-corrected chi connectivity index (χ2v) is 7.15. The van der Waals surface area contributed by atoms with Gasteiger partial charge >= 0.3 is 0 Å². The number of rotatable bonds is 7. The van der Waals surface area contributed by atoms with Crippen molar-refractivity contribution in [1.29, 1.82) is 0 Å². The molecule has 0 radical (unpaired) electrons. The van der Waals surface area contributed by atoms with Gasteiger partial charge in [0.1, 0.15) is 0 Å². The Labute approximate surface area is 180 Å². The van der Waals surface area contributed by atoms with Gasteiger partial charge in [-0.25, -0.2) is 4.99 Å². The fourth-order valence-corrected chi connectivity index (χ4v) is 3.36. The summed E-state index contributed by atoms with van der Waals surface area (Å²) in [5.41, 5.74) is 0.946. The van der Waals surface area contributed by atoms with E-state index < -0.39 is 0 Å². The van der Waals surface area contributed by atoms with E-state index in [2.05, 4.69) is 22.5 Å². The molecule has 27 heavy (non-hydrogen) atoms. The maximum Gasteiger partial charge on any atom is 0.191 e. The summed E-state index contributed by atoms with van der Waals surface area (Å²) >= 11 is 0. The van der Waals surface area contributed by atoms with E-state index in [0.717, 1.165) is 37.3 Å². The van der Waals surface area contributed by atoms with Gasteiger partial charge in [-0.1, -0.05) is 25.8 Å². The Hall–Kier alpha value is -1.22. The van der Waals surface area contributed by atoms with Crippen LogP contribution in [0.2, 0.25) is 0 Å². The lowest BCUT2D eigenvalue weighted by atomic mass is 9.73. The molecule has 0 bridgehead atoms. The maximum atomic E-state index is 10.4. The van der Waals surface area contributed by atoms with Gasteiger partial charge in [-0.3, -0.25) is 0 Å². The fourth-order valence-electron chi connectivity index (χ4n) is 3.36. The van der Waals surface area contributed by atoms with Crippen LogP contribution in [-0.4, -0.2) is 44.5 Å². The number of halogens is 1. The Morgan fingerprint density at radius 3 is 2.59 bits per heavy atom. The molecule has 1 aliphatic rings. The molecule has 1 aliphatic carbocycles. The number of aliphatic hydroxyl groups excluding tert-OH is 1. The van der Waals surface area contributed by atoms with Gasteiger partial charge in [-0.05, 0) is 37.5 Å². The lowest BCUT2D eigenvalue weighted by molar-refractivity contribution is 0.00397. The van der Waals surface area contributed by atoms with Gasteiger partial charge in [-0.2, -0.15) is 0 Å². The van der Waals surface area contributed by atoms with Crippen LogP contribution in [0.25, 0.3) is 0 Å². The molecule has 0 aromatic heterocycles. The van der Waals surface area contributed by atoms with Gasteiger partial charge in [-0.15, -0.1) is 24.0 Å². The second kappa shape index (κ2) is 11.6. The number of hydrogen-bond acceptors (Lipinski definition) is 4. The van der Waals surface area contributed by atoms with E-state index in [1.165, 1.54) is 6.42 Å². The molecule has 1 aromatic carbocycles. The highest BCUT2D eigenvalue weighted by Crippen LogP contribution is 2.35. The molecule has 154 valence electrons. The normalized spacial score (nSPS) is 22.6. The van der Waals surface area contributed by atoms with Crippen LogP contribution in [0.5, 0.6) is 11.5 Å². The first-order valence-corrected chi connectivity index (χ1v) is 9.43. The molecular weight excluding hydrogens is 457 g/mol. The number of ether oxygens (including phenoxy) is 2. The zero-order valence-electron chi connectivity index (χ0n) is 16.9. The van der Waals surface area contributed by atoms with Crippen LogP contribution in [0.3, 0.4) is 0 Å². The van der Waals surface area contributed by atoms with Crippen molar-refractivity contribution in [2.24, 2.45) is 10.4 Å². The Balaban J connectivity index is 0.00000364. The topological polar surface area (TPSA) is 75.1 Å². The molecule has 0 amide bonds. The molecule has 1 aromatic rings. The summed E-state index contributed by atoms with van der Waals surface area (Å²) in [5, 5.41) is 17.0. The number of benzene rings is 1. The van der Waals surface area contributed by atoms with Crippen LogP contribution < -0.4 is 20.1 Å². The molecule has 3 N–H and O–H groups in total. The highest BCUT2D eigenvalue weighted by molar-refractivity contribution is 14.0. The standard InChI is InChI=1S/C20H33N3O3.HI/c1-5-21-19(23-14-20(2)11-7-6-8-18(20)24)22-13-15-9-10-16(25-3)17(12-15)26-4;/h9-10,12,18,24H,5-8,11,13-14H2,1-4H3,(H2,21,22,23);1H. The van der Waals surface area contributed by atoms with Crippen LogP contribution in [0.15, 0.2) is 23.2 Å². The smallest absolute Gasteiger partial charge is 0.191 e. The van der Waals surface area contributed by atoms with Gasteiger partial charge in [0, 0.05) is 18.5 Å². The zero-order valence-corrected chi connectivity index (χ0v) is 19.2. The number of aliphatic hydroxyl groups is 1. The minimum Gasteiger partial charge on any atom is -0.493 e. The van der Waals surface area contributed by atoms with Crippen LogP contribution >= 0.6 is 24.0 Å². The van der Waals surface area contributed by atoms with E-state index in [9.17, 15) is 5.11 Å². The largest absolute Gasteiger partial charge is 0.493 e. The number of nitrogens with one attached hydrogen (secondary N) is 2. The van der Waals surface area contributed by atoms with E-state index in [1.807, 2.05) is 25.1 Å². The minimum absolute atomic E-state index is 0. The van der Waals surface area contributed by atoms with E-state index >= 15 is 0 Å². The van der Waals surface area contributed by atoms with Gasteiger partial charge in [0.2, 0.25) is 0 Å². The Morgan fingerprint density at radius 2 is 1.96 bits per heavy atom. The SMILES string of the molecule is CCNC(=NCc1ccc(OC)c(OC)c1)NCC1(C)CCCCC1O.I. The third-order valence-corrected chi connectivity index (χ3v) is 5.15. The Bertz CT molecular complexity index is 612. The zero-order chi connectivity index (χ0) is 19.0. The van der Waals surface area contributed by atoms with Crippen LogP contribution in [0.4, 0.5) is 0 Å². The molecule has 0 aliphatic heterocycles. The van der Waals surface area contributed by atoms with Gasteiger partial charge in [0.15, 0.2) is 17.5 Å². The molecule has 7 heteroatoms. The van der Waals surface area contributed by atoms with Gasteiger partial charge in [0.05, 0.1) is 26.9 Å². The number of methoxy groups -OCH3 is 2. The predicted octanol–water partition coefficient (Wildman–Crippen LogP) is 3.32. The molecular formula is C20H34IN3O3. The van der Waals surface area contributed by atoms with Crippen molar-refractivity contribution < 1.29 is 14.6 Å². The predicted molar refractivity (Wildman–Crippen MR) is 120 cm³/mol. The lowest BCUT2D eigenvalue weighted by Gasteiger charge is -2.38. The van der Waals surface area contributed by atoms with E-state index in [1.54, 1.807) is 14.2 Å². The van der Waals surface area contributed by atoms with E-state index in [0.29, 0.717) is 24.6 Å². The lowest BCUT2D eigenvalue weighted by Crippen LogP contribution is -2.48. The molecule has 2 unspecified atom stereocenters. The number of nitrogens with zero attached hydrogens (tertiary/aromatic N) is 1. The summed E-state index contributed by atoms with van der Waals surface area (Å²) in [4.78, 5) is 4.67. The average Bonchev–Trinajstić information content (AvgIpc) is 2.66. The number of aliphatic imine (C=N–C) groups is 1. The van der Waals surface area contributed by atoms with Crippen molar-refractivity contribution in [3.05, 3.63) is 23.8 Å². The fraction of sp³-hybridized carbons (Fsp3) is 0.650. The summed E-state index contributed by atoms with van der Waals surface area (Å²) in [5.74, 6) is 2.18. The molecule has 0 spiro atoms. The summed E-state index contributed by atoms with van der Waals surface area (Å²) in [6.45, 7) is 6.24. The van der Waals surface area contributed by atoms with Crippen LogP contribution in [-0.2, 0) is 6.54 Å². The highest BCUT2D eigenvalue weighted by atomic mass is 127. The summed E-state index contributed by atoms with van der Waals surface area (Å²) < 4.78 is 10.6. The second-order valence-electron chi connectivity index (χ2n) is 7.15. The van der Waals surface area contributed by atoms with Crippen molar-refractivity contribution in [1.82, 2.24) is 10.6 Å². The van der Waals surface area contributed by atoms with Crippen molar-refractivity contribution in [3.8, 4) is 11.5 Å². The molecule has 1 saturated carbocycles. The first-order valence-electron chi connectivity index (χ1n) is 9.43. The summed E-state index contributed by atoms with van der Waals surface area (Å²) in [6, 6.07) is 5.82. The summed E-state index contributed by atoms with van der Waals surface area (Å²) in [6.07, 6.45) is 3.96. The van der Waals surface area contributed by atoms with Gasteiger partial charge < -0.3 is 25.2 Å². The third-order valence-electron chi connectivity index (χ3n) is 5.15. The maximum absolute atomic E-state index is 10.4. The van der Waals surface area contributed by atoms with Crippen molar-refractivity contribution in [2.75, 3.05) is 27.3 Å². The van der Waals surface area contributed by atoms with Crippen molar-refractivity contribution in [2.45, 2.75) is 52.2 Å². The monoisotopic (exact) mass is 491 g/mol. The third kappa shape index (κ3) is 6.71. The van der Waals surface area contributed by atoms with Gasteiger partial charge in [0.25, 0.3) is 0 Å². The van der Waals surface area contributed by atoms with Crippen LogP contribution in [0.1, 0.15) is 45.1 Å². The highest BCUT2D eigenvalue weighted by Gasteiger charge is 2.35. The van der Waals surface area contributed by atoms with E-state index in [-0.39, 0.29) is 35.5 Å². The van der Waals surface area contributed by atoms with Crippen molar-refractivity contribution >= 4 is 29.9 Å². The first-order chi connectivity index (χ1) is 12.5. The quantitative estimate of drug-likeness (QED) is 0.310. The molecule has 0 heterocycles. The summed E-state index contributed by atoms with van der Waals surface area (Å²) in [7, 11) is 3.26. The minimum atomic E-state index is -0.252.